The topological polar surface area (TPSA) is 210 Å². The minimum Gasteiger partial charge on any atom is -0.455 e. The van der Waals surface area contributed by atoms with Crippen LogP contribution >= 0.6 is 11.6 Å². The molecule has 2 amide bonds. The molecule has 3 aromatic carbocycles. The van der Waals surface area contributed by atoms with E-state index in [0.717, 1.165) is 61.1 Å². The molecule has 20 heteroatoms. The number of sulfonamides is 1. The highest BCUT2D eigenvalue weighted by molar-refractivity contribution is 7.94. The molecule has 0 saturated carbocycles. The number of rotatable bonds is 16. The zero-order chi connectivity index (χ0) is 51.4. The fourth-order valence-corrected chi connectivity index (χ4v) is 12.5. The number of amides is 2. The van der Waals surface area contributed by atoms with Crippen molar-refractivity contribution in [2.45, 2.75) is 77.7 Å². The van der Waals surface area contributed by atoms with Gasteiger partial charge in [-0.15, -0.1) is 4.36 Å². The highest BCUT2D eigenvalue weighted by atomic mass is 35.5. The van der Waals surface area contributed by atoms with Gasteiger partial charge in [0.25, 0.3) is 21.6 Å². The summed E-state index contributed by atoms with van der Waals surface area (Å²) in [5.74, 6) is -0.106. The number of aromatic amines is 1. The van der Waals surface area contributed by atoms with Crippen molar-refractivity contribution in [2.75, 3.05) is 68.8 Å². The average Bonchev–Trinajstić information content (AvgIpc) is 3.80. The molecule has 72 heavy (non-hydrogen) atoms. The Bertz CT molecular complexity index is 3090. The number of pyridine rings is 1. The number of aromatic nitrogens is 2. The van der Waals surface area contributed by atoms with Gasteiger partial charge in [-0.05, 0) is 117 Å². The number of halogens is 1. The molecular formula is C52H63ClN8O9S2. The molecule has 384 valence electrons. The molecule has 0 unspecified atom stereocenters. The van der Waals surface area contributed by atoms with E-state index in [0.29, 0.717) is 56.1 Å². The summed E-state index contributed by atoms with van der Waals surface area (Å²) in [5.41, 5.74) is 5.63. The van der Waals surface area contributed by atoms with Crippen molar-refractivity contribution < 1.29 is 36.6 Å². The molecule has 2 saturated heterocycles. The summed E-state index contributed by atoms with van der Waals surface area (Å²) in [6, 6.07) is 20.4. The Kier molecular flexibility index (Phi) is 16.1. The minimum absolute atomic E-state index is 0.0396. The van der Waals surface area contributed by atoms with Gasteiger partial charge in [-0.1, -0.05) is 56.1 Å². The highest BCUT2D eigenvalue weighted by Gasteiger charge is 2.31. The lowest BCUT2D eigenvalue weighted by Crippen LogP contribution is -2.47. The van der Waals surface area contributed by atoms with Gasteiger partial charge in [0.1, 0.15) is 17.1 Å². The number of carbonyl (C=O) groups excluding carboxylic acids is 2. The van der Waals surface area contributed by atoms with Crippen LogP contribution in [0.3, 0.4) is 0 Å². The van der Waals surface area contributed by atoms with E-state index in [4.69, 9.17) is 21.1 Å². The molecule has 1 aliphatic carbocycles. The van der Waals surface area contributed by atoms with Crippen LogP contribution in [0, 0.1) is 21.4 Å². The summed E-state index contributed by atoms with van der Waals surface area (Å²) in [6.45, 7) is 15.5. The smallest absolute Gasteiger partial charge is 0.442 e. The molecule has 0 spiro atoms. The summed E-state index contributed by atoms with van der Waals surface area (Å²) in [5, 5.41) is 13.9. The molecule has 3 aliphatic rings. The van der Waals surface area contributed by atoms with Crippen LogP contribution in [0.5, 0.6) is 11.5 Å². The Labute approximate surface area is 426 Å². The zero-order valence-electron chi connectivity index (χ0n) is 41.4. The minimum atomic E-state index is -4.62. The molecule has 5 aromatic rings. The molecule has 0 radical (unpaired) electrons. The predicted octanol–water partition coefficient (Wildman–Crippen LogP) is 9.72. The highest BCUT2D eigenvalue weighted by Crippen LogP contribution is 2.43. The van der Waals surface area contributed by atoms with E-state index in [1.807, 2.05) is 25.1 Å². The molecule has 8 rings (SSSR count). The van der Waals surface area contributed by atoms with E-state index in [-0.39, 0.29) is 52.4 Å². The first-order valence-electron chi connectivity index (χ1n) is 24.4. The number of anilines is 1. The van der Waals surface area contributed by atoms with Crippen LogP contribution < -0.4 is 14.4 Å². The number of hydrogen-bond acceptors (Lipinski definition) is 13. The van der Waals surface area contributed by atoms with Crippen molar-refractivity contribution >= 4 is 71.3 Å². The number of allylic oxidation sites excluding steroid dienone is 1. The molecule has 0 bridgehead atoms. The predicted molar refractivity (Wildman–Crippen MR) is 281 cm³/mol. The molecule has 2 aliphatic heterocycles. The number of carbonyl (C=O) groups is 2. The molecule has 17 nitrogen and oxygen atoms in total. The van der Waals surface area contributed by atoms with Gasteiger partial charge in [0, 0.05) is 97.3 Å². The Morgan fingerprint density at radius 1 is 0.972 bits per heavy atom. The van der Waals surface area contributed by atoms with Gasteiger partial charge in [-0.25, -0.2) is 27.1 Å². The van der Waals surface area contributed by atoms with Crippen LogP contribution in [-0.2, 0) is 30.9 Å². The number of nitro groups is 1. The Hall–Kier alpha value is -5.86. The van der Waals surface area contributed by atoms with Crippen molar-refractivity contribution in [3.05, 3.63) is 123 Å². The van der Waals surface area contributed by atoms with Gasteiger partial charge in [0.2, 0.25) is 0 Å². The monoisotopic (exact) mass is 1040 g/mol. The first-order chi connectivity index (χ1) is 34.2. The number of fused-ring (bicyclic) bond motifs is 1. The van der Waals surface area contributed by atoms with Gasteiger partial charge in [0.05, 0.1) is 37.4 Å². The molecule has 1 atom stereocenters. The van der Waals surface area contributed by atoms with E-state index >= 15 is 0 Å². The molecule has 2 N–H and O–H groups in total. The molecule has 2 fully saturated rings. The maximum absolute atomic E-state index is 14.1. The fourth-order valence-electron chi connectivity index (χ4n) is 9.58. The van der Waals surface area contributed by atoms with E-state index in [1.54, 1.807) is 38.2 Å². The Morgan fingerprint density at radius 2 is 1.71 bits per heavy atom. The van der Waals surface area contributed by atoms with Gasteiger partial charge < -0.3 is 24.3 Å². The Morgan fingerprint density at radius 3 is 2.42 bits per heavy atom. The third-order valence-electron chi connectivity index (χ3n) is 13.7. The average molecular weight is 1040 g/mol. The number of ether oxygens (including phenoxy) is 2. The van der Waals surface area contributed by atoms with Crippen molar-refractivity contribution in [3.8, 4) is 11.5 Å². The summed E-state index contributed by atoms with van der Waals surface area (Å²) in [7, 11) is -7.32. The summed E-state index contributed by atoms with van der Waals surface area (Å²) in [4.78, 5) is 51.7. The second-order valence-corrected chi connectivity index (χ2v) is 24.9. The van der Waals surface area contributed by atoms with Crippen LogP contribution in [-0.4, -0.2) is 119 Å². The normalized spacial score (nSPS) is 18.0. The maximum Gasteiger partial charge on any atom is 0.442 e. The van der Waals surface area contributed by atoms with Crippen LogP contribution in [0.1, 0.15) is 81.8 Å². The fraction of sp³-hybridized carbons (Fsp3) is 0.442. The van der Waals surface area contributed by atoms with Gasteiger partial charge in [-0.2, -0.15) is 0 Å². The van der Waals surface area contributed by atoms with Gasteiger partial charge in [0.15, 0.2) is 0 Å². The lowest BCUT2D eigenvalue weighted by Gasteiger charge is -2.39. The van der Waals surface area contributed by atoms with E-state index in [9.17, 15) is 32.3 Å². The third-order valence-corrected chi connectivity index (χ3v) is 17.4. The standard InChI is InChI=1S/C52H63ClN8O9S2/c1-35(2)69-51(63)57-71(66)26-24-58(25-27-71)19-16-36(3)28-38-8-12-44(31-47(38)61(64)65)72(67,68)56-50(62)45-13-11-42(30-48(45)70-43-29-39-15-18-54-49(39)55-33-43)60-22-20-59(21-23-60)34-40-14-17-52(4,5)32-46(40)37-6-9-41(53)10-7-37/h6-13,15,18,29-31,33,35-36H,14,16-17,19-28,32,34H2,1-5H3,(H,54,55)(H,56,62)/t36-/m0/s1. The van der Waals surface area contributed by atoms with Crippen molar-refractivity contribution in [1.82, 2.24) is 24.5 Å². The van der Waals surface area contributed by atoms with Gasteiger partial charge in [-0.3, -0.25) is 19.8 Å². The van der Waals surface area contributed by atoms with E-state index in [2.05, 4.69) is 59.7 Å². The summed E-state index contributed by atoms with van der Waals surface area (Å²) >= 11 is 6.25. The maximum atomic E-state index is 14.1. The number of H-pyrrole nitrogens is 1. The summed E-state index contributed by atoms with van der Waals surface area (Å²) < 4.78 is 58.2. The Balaban J connectivity index is 0.942. The number of nitro benzene ring substituents is 1. The van der Waals surface area contributed by atoms with E-state index in [1.165, 1.54) is 41.1 Å². The first kappa shape index (κ1) is 52.5. The number of nitrogens with one attached hydrogen (secondary N) is 2. The number of nitrogens with zero attached hydrogens (tertiary/aromatic N) is 6. The second-order valence-electron chi connectivity index (χ2n) is 20.2. The first-order valence-corrected chi connectivity index (χ1v) is 28.1. The van der Waals surface area contributed by atoms with Crippen LogP contribution in [0.25, 0.3) is 16.6 Å². The van der Waals surface area contributed by atoms with Crippen LogP contribution in [0.4, 0.5) is 16.2 Å². The van der Waals surface area contributed by atoms with Crippen molar-refractivity contribution in [3.63, 3.8) is 0 Å². The van der Waals surface area contributed by atoms with Crippen molar-refractivity contribution in [2.24, 2.45) is 15.7 Å². The van der Waals surface area contributed by atoms with E-state index < -0.39 is 41.6 Å². The molecule has 4 heterocycles. The summed E-state index contributed by atoms with van der Waals surface area (Å²) in [6.07, 6.45) is 6.19. The van der Waals surface area contributed by atoms with Crippen LogP contribution in [0.15, 0.2) is 100 Å². The quantitative estimate of drug-likeness (QED) is 0.0697. The number of benzene rings is 3. The molecular weight excluding hydrogens is 980 g/mol. The third kappa shape index (κ3) is 13.2. The van der Waals surface area contributed by atoms with Crippen molar-refractivity contribution in [1.29, 1.82) is 0 Å². The lowest BCUT2D eigenvalue weighted by atomic mass is 9.72. The zero-order valence-corrected chi connectivity index (χ0v) is 43.8. The van der Waals surface area contributed by atoms with Gasteiger partial charge >= 0.3 is 6.09 Å². The lowest BCUT2D eigenvalue weighted by molar-refractivity contribution is -0.385. The largest absolute Gasteiger partial charge is 0.455 e. The SMILES string of the molecule is CC(C)OC(=O)N=S1(=O)CCN(CC[C@H](C)Cc2ccc(S(=O)(=O)NC(=O)c3ccc(N4CCN(CC5=C(c6ccc(Cl)cc6)CC(C)(C)CC5)CC4)cc3Oc3cnc4[nH]ccc4c3)cc2[N+](=O)[O-])CC1. The molecule has 2 aromatic heterocycles. The van der Waals surface area contributed by atoms with Crippen LogP contribution in [0.2, 0.25) is 5.02 Å². The second kappa shape index (κ2) is 22.1. The number of piperazine rings is 1. The number of hydrogen-bond donors (Lipinski definition) is 2.